The van der Waals surface area contributed by atoms with E-state index in [1.807, 2.05) is 91.5 Å². The van der Waals surface area contributed by atoms with Crippen molar-refractivity contribution < 1.29 is 14.3 Å². The van der Waals surface area contributed by atoms with Crippen LogP contribution in [0.25, 0.3) is 11.1 Å². The Morgan fingerprint density at radius 2 is 1.68 bits per heavy atom. The molecule has 4 rings (SSSR count). The minimum atomic E-state index is -0.625. The van der Waals surface area contributed by atoms with E-state index in [0.29, 0.717) is 41.8 Å². The predicted octanol–water partition coefficient (Wildman–Crippen LogP) is 6.40. The Bertz CT molecular complexity index is 1170. The van der Waals surface area contributed by atoms with E-state index in [-0.39, 0.29) is 11.8 Å². The number of benzene rings is 3. The number of hydrogen-bond donors (Lipinski definition) is 1. The largest absolute Gasteiger partial charge is 0.490 e. The Balaban J connectivity index is 1.56. The van der Waals surface area contributed by atoms with Gasteiger partial charge in [-0.3, -0.25) is 9.59 Å². The fourth-order valence-corrected chi connectivity index (χ4v) is 3.98. The Morgan fingerprint density at radius 3 is 2.35 bits per heavy atom. The number of carbonyl (C=O) groups excluding carboxylic acids is 2. The second kappa shape index (κ2) is 9.72. The molecule has 1 heterocycles. The number of amides is 2. The number of carbonyl (C=O) groups is 2. The van der Waals surface area contributed by atoms with Crippen LogP contribution in [0.1, 0.15) is 44.5 Å². The molecule has 3 aromatic rings. The number of rotatable bonds is 6. The summed E-state index contributed by atoms with van der Waals surface area (Å²) in [5.74, 6) is 0.958. The highest BCUT2D eigenvalue weighted by atomic mass is 16.5. The van der Waals surface area contributed by atoms with Crippen molar-refractivity contribution in [1.82, 2.24) is 0 Å². The van der Waals surface area contributed by atoms with Gasteiger partial charge >= 0.3 is 0 Å². The monoisotopic (exact) mass is 456 g/mol. The molecule has 2 amide bonds. The molecule has 0 aromatic heterocycles. The zero-order chi connectivity index (χ0) is 24.3. The molecule has 3 aromatic carbocycles. The molecule has 1 aliphatic heterocycles. The second-order valence-electron chi connectivity index (χ2n) is 9.89. The Hall–Kier alpha value is -3.60. The first-order chi connectivity index (χ1) is 16.2. The van der Waals surface area contributed by atoms with Gasteiger partial charge in [-0.05, 0) is 67.6 Å². The summed E-state index contributed by atoms with van der Waals surface area (Å²) in [7, 11) is 0. The summed E-state index contributed by atoms with van der Waals surface area (Å²) in [6, 6.07) is 23.1. The number of nitrogens with zero attached hydrogens (tertiary/aromatic N) is 1. The first kappa shape index (κ1) is 23.6. The van der Waals surface area contributed by atoms with Gasteiger partial charge < -0.3 is 15.0 Å². The fourth-order valence-electron chi connectivity index (χ4n) is 3.98. The molecule has 176 valence electrons. The van der Waals surface area contributed by atoms with Gasteiger partial charge in [-0.2, -0.15) is 0 Å². The van der Waals surface area contributed by atoms with Crippen LogP contribution in [-0.4, -0.2) is 25.0 Å². The number of hydrogen-bond acceptors (Lipinski definition) is 3. The average Bonchev–Trinajstić information content (AvgIpc) is 2.92. The van der Waals surface area contributed by atoms with Gasteiger partial charge in [-0.15, -0.1) is 0 Å². The van der Waals surface area contributed by atoms with Gasteiger partial charge in [-0.1, -0.05) is 56.3 Å². The van der Waals surface area contributed by atoms with E-state index in [9.17, 15) is 9.59 Å². The molecule has 0 saturated carbocycles. The van der Waals surface area contributed by atoms with Gasteiger partial charge in [0.2, 0.25) is 5.91 Å². The van der Waals surface area contributed by atoms with Crippen molar-refractivity contribution in [2.45, 2.75) is 34.1 Å². The van der Waals surface area contributed by atoms with Crippen molar-refractivity contribution in [3.05, 3.63) is 78.4 Å². The second-order valence-corrected chi connectivity index (χ2v) is 9.89. The molecule has 0 fully saturated rings. The highest BCUT2D eigenvalue weighted by molar-refractivity contribution is 6.05. The maximum absolute atomic E-state index is 13.3. The molecule has 0 saturated heterocycles. The minimum absolute atomic E-state index is 0.0341. The molecule has 5 nitrogen and oxygen atoms in total. The highest BCUT2D eigenvalue weighted by Gasteiger charge is 2.37. The van der Waals surface area contributed by atoms with E-state index in [1.165, 1.54) is 0 Å². The SMILES string of the molecule is CC(C)CCN1C(=O)C(C)(C)COc2ccc(NC(=O)c3ccc(-c4ccccc4)cc3)cc21. The third-order valence-corrected chi connectivity index (χ3v) is 6.10. The molecule has 5 heteroatoms. The first-order valence-corrected chi connectivity index (χ1v) is 11.8. The summed E-state index contributed by atoms with van der Waals surface area (Å²) in [5, 5.41) is 2.98. The molecular formula is C29H32N2O3. The van der Waals surface area contributed by atoms with E-state index < -0.39 is 5.41 Å². The minimum Gasteiger partial charge on any atom is -0.490 e. The van der Waals surface area contributed by atoms with Crippen LogP contribution >= 0.6 is 0 Å². The number of anilines is 2. The molecule has 0 spiro atoms. The van der Waals surface area contributed by atoms with Crippen LogP contribution in [0.4, 0.5) is 11.4 Å². The van der Waals surface area contributed by atoms with Gasteiger partial charge in [0, 0.05) is 17.8 Å². The Kier molecular flexibility index (Phi) is 6.73. The molecule has 0 atom stereocenters. The van der Waals surface area contributed by atoms with Crippen molar-refractivity contribution in [2.75, 3.05) is 23.4 Å². The van der Waals surface area contributed by atoms with Crippen LogP contribution in [0.15, 0.2) is 72.8 Å². The number of fused-ring (bicyclic) bond motifs is 1. The zero-order valence-electron chi connectivity index (χ0n) is 20.3. The first-order valence-electron chi connectivity index (χ1n) is 11.8. The molecule has 34 heavy (non-hydrogen) atoms. The summed E-state index contributed by atoms with van der Waals surface area (Å²) >= 11 is 0. The molecule has 0 radical (unpaired) electrons. The lowest BCUT2D eigenvalue weighted by Crippen LogP contribution is -2.42. The van der Waals surface area contributed by atoms with E-state index in [4.69, 9.17) is 4.74 Å². The summed E-state index contributed by atoms with van der Waals surface area (Å²) < 4.78 is 6.00. The van der Waals surface area contributed by atoms with Gasteiger partial charge in [0.05, 0.1) is 11.1 Å². The van der Waals surface area contributed by atoms with Gasteiger partial charge in [0.15, 0.2) is 0 Å². The van der Waals surface area contributed by atoms with Gasteiger partial charge in [0.25, 0.3) is 5.91 Å². The zero-order valence-corrected chi connectivity index (χ0v) is 20.3. The standard InChI is InChI=1S/C29H32N2O3/c1-20(2)16-17-31-25-18-24(14-15-26(25)34-19-29(3,4)28(31)33)30-27(32)23-12-10-22(11-13-23)21-8-6-5-7-9-21/h5-15,18,20H,16-17,19H2,1-4H3,(H,30,32). The number of nitrogens with one attached hydrogen (secondary N) is 1. The van der Waals surface area contributed by atoms with Crippen LogP contribution < -0.4 is 15.0 Å². The van der Waals surface area contributed by atoms with Crippen molar-refractivity contribution in [3.63, 3.8) is 0 Å². The Morgan fingerprint density at radius 1 is 1.00 bits per heavy atom. The van der Waals surface area contributed by atoms with Crippen molar-refractivity contribution in [3.8, 4) is 16.9 Å². The molecule has 0 aliphatic carbocycles. The quantitative estimate of drug-likeness (QED) is 0.467. The van der Waals surface area contributed by atoms with Crippen molar-refractivity contribution in [2.24, 2.45) is 11.3 Å². The molecule has 0 bridgehead atoms. The molecular weight excluding hydrogens is 424 g/mol. The lowest BCUT2D eigenvalue weighted by Gasteiger charge is -2.28. The van der Waals surface area contributed by atoms with Crippen molar-refractivity contribution >= 4 is 23.2 Å². The third kappa shape index (κ3) is 5.14. The lowest BCUT2D eigenvalue weighted by molar-refractivity contribution is -0.127. The Labute approximate surface area is 201 Å². The third-order valence-electron chi connectivity index (χ3n) is 6.10. The lowest BCUT2D eigenvalue weighted by atomic mass is 9.92. The summed E-state index contributed by atoms with van der Waals surface area (Å²) in [6.45, 7) is 9.02. The summed E-state index contributed by atoms with van der Waals surface area (Å²) in [6.07, 6.45) is 0.881. The summed E-state index contributed by atoms with van der Waals surface area (Å²) in [4.78, 5) is 28.1. The highest BCUT2D eigenvalue weighted by Crippen LogP contribution is 2.38. The molecule has 1 aliphatic rings. The normalized spacial score (nSPS) is 14.9. The summed E-state index contributed by atoms with van der Waals surface area (Å²) in [5.41, 5.74) is 3.44. The van der Waals surface area contributed by atoms with Crippen LogP contribution in [-0.2, 0) is 4.79 Å². The number of ether oxygens (including phenoxy) is 1. The van der Waals surface area contributed by atoms with Crippen LogP contribution in [0, 0.1) is 11.3 Å². The van der Waals surface area contributed by atoms with Crippen LogP contribution in [0.3, 0.4) is 0 Å². The smallest absolute Gasteiger partial charge is 0.255 e. The maximum atomic E-state index is 13.3. The van der Waals surface area contributed by atoms with Crippen LogP contribution in [0.2, 0.25) is 0 Å². The van der Waals surface area contributed by atoms with E-state index in [0.717, 1.165) is 17.5 Å². The van der Waals surface area contributed by atoms with Crippen LogP contribution in [0.5, 0.6) is 5.75 Å². The van der Waals surface area contributed by atoms with E-state index >= 15 is 0 Å². The van der Waals surface area contributed by atoms with Gasteiger partial charge in [-0.25, -0.2) is 0 Å². The maximum Gasteiger partial charge on any atom is 0.255 e. The topological polar surface area (TPSA) is 58.6 Å². The van der Waals surface area contributed by atoms with E-state index in [2.05, 4.69) is 19.2 Å². The predicted molar refractivity (Wildman–Crippen MR) is 137 cm³/mol. The van der Waals surface area contributed by atoms with Crippen molar-refractivity contribution in [1.29, 1.82) is 0 Å². The molecule has 1 N–H and O–H groups in total. The molecule has 0 unspecified atom stereocenters. The fraction of sp³-hybridized carbons (Fsp3) is 0.310. The van der Waals surface area contributed by atoms with Gasteiger partial charge in [0.1, 0.15) is 12.4 Å². The average molecular weight is 457 g/mol. The van der Waals surface area contributed by atoms with E-state index in [1.54, 1.807) is 0 Å².